The fraction of sp³-hybridized carbons (Fsp3) is 0.0667. The van der Waals surface area contributed by atoms with E-state index in [0.717, 1.165) is 17.2 Å². The van der Waals surface area contributed by atoms with Crippen LogP contribution in [0.1, 0.15) is 11.1 Å². The van der Waals surface area contributed by atoms with Crippen molar-refractivity contribution in [3.05, 3.63) is 66.5 Å². The molecule has 0 saturated carbocycles. The maximum absolute atomic E-state index is 8.72. The second-order valence-electron chi connectivity index (χ2n) is 4.39. The molecule has 102 valence electrons. The smallest absolute Gasteiger partial charge is 0.137 e. The summed E-state index contributed by atoms with van der Waals surface area (Å²) in [5.41, 5.74) is 1.59. The Morgan fingerprint density at radius 2 is 2.10 bits per heavy atom. The van der Waals surface area contributed by atoms with Gasteiger partial charge in [-0.05, 0) is 23.8 Å². The molecule has 1 N–H and O–H groups in total. The minimum atomic E-state index is 0.548. The van der Waals surface area contributed by atoms with Crippen molar-refractivity contribution in [1.29, 1.82) is 5.26 Å². The Hall–Kier alpha value is -3.20. The summed E-state index contributed by atoms with van der Waals surface area (Å²) in [7, 11) is 0. The van der Waals surface area contributed by atoms with Crippen molar-refractivity contribution in [3.8, 4) is 11.9 Å². The highest BCUT2D eigenvalue weighted by atomic mass is 15.1. The summed E-state index contributed by atoms with van der Waals surface area (Å²) in [6, 6.07) is 9.49. The van der Waals surface area contributed by atoms with Crippen molar-refractivity contribution in [1.82, 2.24) is 19.5 Å². The van der Waals surface area contributed by atoms with E-state index < -0.39 is 0 Å². The highest BCUT2D eigenvalue weighted by Crippen LogP contribution is 2.09. The minimum Gasteiger partial charge on any atom is -0.366 e. The second kappa shape index (κ2) is 5.84. The highest BCUT2D eigenvalue weighted by Gasteiger charge is 1.99. The van der Waals surface area contributed by atoms with Crippen LogP contribution in [0.25, 0.3) is 5.82 Å². The van der Waals surface area contributed by atoms with Crippen LogP contribution in [-0.2, 0) is 6.54 Å². The molecule has 3 aromatic heterocycles. The van der Waals surface area contributed by atoms with E-state index in [1.165, 1.54) is 0 Å². The van der Waals surface area contributed by atoms with Crippen molar-refractivity contribution in [3.63, 3.8) is 0 Å². The lowest BCUT2D eigenvalue weighted by molar-refractivity contribution is 0.977. The van der Waals surface area contributed by atoms with E-state index in [9.17, 15) is 0 Å². The van der Waals surface area contributed by atoms with Crippen molar-refractivity contribution in [2.24, 2.45) is 0 Å². The molecular formula is C15H12N6. The normalized spacial score (nSPS) is 10.0. The fourth-order valence-electron chi connectivity index (χ4n) is 1.83. The number of nitrogens with one attached hydrogen (secondary N) is 1. The molecule has 0 spiro atoms. The van der Waals surface area contributed by atoms with Crippen LogP contribution >= 0.6 is 0 Å². The molecule has 0 aliphatic rings. The summed E-state index contributed by atoms with van der Waals surface area (Å²) < 4.78 is 1.85. The Morgan fingerprint density at radius 1 is 1.14 bits per heavy atom. The largest absolute Gasteiger partial charge is 0.366 e. The van der Waals surface area contributed by atoms with E-state index in [-0.39, 0.29) is 0 Å². The van der Waals surface area contributed by atoms with Crippen molar-refractivity contribution >= 4 is 5.82 Å². The Bertz CT molecular complexity index is 738. The van der Waals surface area contributed by atoms with E-state index in [1.807, 2.05) is 35.2 Å². The Morgan fingerprint density at radius 3 is 2.71 bits per heavy atom. The fourth-order valence-corrected chi connectivity index (χ4v) is 1.83. The number of pyridine rings is 2. The number of nitriles is 1. The van der Waals surface area contributed by atoms with Crippen LogP contribution in [0.5, 0.6) is 0 Å². The third kappa shape index (κ3) is 3.04. The summed E-state index contributed by atoms with van der Waals surface area (Å²) in [6.07, 6.45) is 8.63. The van der Waals surface area contributed by atoms with Gasteiger partial charge in [-0.15, -0.1) is 0 Å². The predicted molar refractivity (Wildman–Crippen MR) is 77.6 cm³/mol. The quantitative estimate of drug-likeness (QED) is 0.789. The lowest BCUT2D eigenvalue weighted by atomic mass is 10.2. The van der Waals surface area contributed by atoms with Gasteiger partial charge in [0.25, 0.3) is 0 Å². The molecule has 0 radical (unpaired) electrons. The third-order valence-corrected chi connectivity index (χ3v) is 2.94. The average molecular weight is 276 g/mol. The molecule has 0 aliphatic carbocycles. The SMILES string of the molecule is N#Cc1ccc(NCc2ccc(-n3ccnc3)nc2)nc1. The molecule has 3 rings (SSSR count). The van der Waals surface area contributed by atoms with E-state index in [0.29, 0.717) is 12.1 Å². The summed E-state index contributed by atoms with van der Waals surface area (Å²) in [5.74, 6) is 1.56. The molecule has 0 fully saturated rings. The van der Waals surface area contributed by atoms with Crippen LogP contribution in [0.3, 0.4) is 0 Å². The van der Waals surface area contributed by atoms with Crippen molar-refractivity contribution < 1.29 is 0 Å². The number of hydrogen-bond acceptors (Lipinski definition) is 5. The summed E-state index contributed by atoms with van der Waals surface area (Å²) in [6.45, 7) is 0.621. The number of aromatic nitrogens is 4. The van der Waals surface area contributed by atoms with Crippen molar-refractivity contribution in [2.45, 2.75) is 6.54 Å². The van der Waals surface area contributed by atoms with Gasteiger partial charge in [-0.1, -0.05) is 6.07 Å². The molecule has 0 unspecified atom stereocenters. The first-order valence-electron chi connectivity index (χ1n) is 6.38. The first kappa shape index (κ1) is 12.8. The van der Waals surface area contributed by atoms with Gasteiger partial charge in [-0.25, -0.2) is 15.0 Å². The van der Waals surface area contributed by atoms with Gasteiger partial charge in [0, 0.05) is 31.3 Å². The van der Waals surface area contributed by atoms with E-state index in [4.69, 9.17) is 5.26 Å². The lowest BCUT2D eigenvalue weighted by Gasteiger charge is -2.06. The van der Waals surface area contributed by atoms with Gasteiger partial charge in [0.2, 0.25) is 0 Å². The first-order valence-corrected chi connectivity index (χ1v) is 6.38. The number of hydrogen-bond donors (Lipinski definition) is 1. The van der Waals surface area contributed by atoms with Crippen LogP contribution in [0, 0.1) is 11.3 Å². The lowest BCUT2D eigenvalue weighted by Crippen LogP contribution is -2.02. The highest BCUT2D eigenvalue weighted by molar-refractivity contribution is 5.39. The van der Waals surface area contributed by atoms with Gasteiger partial charge in [0.05, 0.1) is 5.56 Å². The molecule has 0 amide bonds. The Labute approximate surface area is 121 Å². The van der Waals surface area contributed by atoms with E-state index >= 15 is 0 Å². The molecule has 0 saturated heterocycles. The maximum atomic E-state index is 8.72. The number of anilines is 1. The zero-order chi connectivity index (χ0) is 14.5. The topological polar surface area (TPSA) is 79.4 Å². The van der Waals surface area contributed by atoms with Crippen LogP contribution in [0.4, 0.5) is 5.82 Å². The van der Waals surface area contributed by atoms with Gasteiger partial charge >= 0.3 is 0 Å². The molecule has 0 aromatic carbocycles. The van der Waals surface area contributed by atoms with Gasteiger partial charge < -0.3 is 5.32 Å². The van der Waals surface area contributed by atoms with E-state index in [1.54, 1.807) is 30.9 Å². The molecular weight excluding hydrogens is 264 g/mol. The van der Waals surface area contributed by atoms with Crippen molar-refractivity contribution in [2.75, 3.05) is 5.32 Å². The molecule has 3 heterocycles. The van der Waals surface area contributed by atoms with Crippen LogP contribution in [0.15, 0.2) is 55.4 Å². The summed E-state index contributed by atoms with van der Waals surface area (Å²) in [5, 5.41) is 11.9. The van der Waals surface area contributed by atoms with Gasteiger partial charge in [0.1, 0.15) is 24.0 Å². The van der Waals surface area contributed by atoms with Gasteiger partial charge in [-0.2, -0.15) is 5.26 Å². The van der Waals surface area contributed by atoms with Crippen LogP contribution in [0.2, 0.25) is 0 Å². The first-order chi connectivity index (χ1) is 10.3. The summed E-state index contributed by atoms with van der Waals surface area (Å²) >= 11 is 0. The monoisotopic (exact) mass is 276 g/mol. The maximum Gasteiger partial charge on any atom is 0.137 e. The van der Waals surface area contributed by atoms with Gasteiger partial charge in [-0.3, -0.25) is 4.57 Å². The predicted octanol–water partition coefficient (Wildman–Crippen LogP) is 2.15. The number of nitrogens with zero attached hydrogens (tertiary/aromatic N) is 5. The molecule has 21 heavy (non-hydrogen) atoms. The Kier molecular flexibility index (Phi) is 3.56. The standard InChI is InChI=1S/C15H12N6/c16-7-12-1-3-14(18-8-12)19-9-13-2-4-15(20-10-13)21-6-5-17-11-21/h1-6,8,10-11H,9H2,(H,18,19). The van der Waals surface area contributed by atoms with Crippen LogP contribution < -0.4 is 5.32 Å². The van der Waals surface area contributed by atoms with E-state index in [2.05, 4.69) is 20.3 Å². The molecule has 6 nitrogen and oxygen atoms in total. The van der Waals surface area contributed by atoms with Gasteiger partial charge in [0.15, 0.2) is 0 Å². The average Bonchev–Trinajstić information content (AvgIpc) is 3.08. The second-order valence-corrected chi connectivity index (χ2v) is 4.39. The molecule has 0 atom stereocenters. The molecule has 6 heteroatoms. The minimum absolute atomic E-state index is 0.548. The zero-order valence-electron chi connectivity index (χ0n) is 11.1. The van der Waals surface area contributed by atoms with Crippen LogP contribution in [-0.4, -0.2) is 19.5 Å². The Balaban J connectivity index is 1.64. The molecule has 0 aliphatic heterocycles. The molecule has 0 bridgehead atoms. The zero-order valence-corrected chi connectivity index (χ0v) is 11.1. The summed E-state index contributed by atoms with van der Waals surface area (Å²) in [4.78, 5) is 12.5. The molecule has 3 aromatic rings. The third-order valence-electron chi connectivity index (χ3n) is 2.94. The number of rotatable bonds is 4. The number of imidazole rings is 1.